The quantitative estimate of drug-likeness (QED) is 0.181. The molecule has 0 fully saturated rings. The molecule has 4 nitrogen and oxygen atoms in total. The number of nitrogens with zero attached hydrogens (tertiary/aromatic N) is 4. The summed E-state index contributed by atoms with van der Waals surface area (Å²) < 4.78 is 2.45. The Morgan fingerprint density at radius 1 is 0.481 bits per heavy atom. The van der Waals surface area contributed by atoms with Gasteiger partial charge in [0.25, 0.3) is 0 Å². The Labute approximate surface area is 312 Å². The van der Waals surface area contributed by atoms with Gasteiger partial charge < -0.3 is 4.57 Å². The van der Waals surface area contributed by atoms with Crippen LogP contribution in [0.4, 0.5) is 0 Å². The number of benzene rings is 7. The molecular formula is C50H32N4. The molecule has 0 amide bonds. The number of para-hydroxylation sites is 2. The maximum Gasteiger partial charge on any atom is 0.160 e. The van der Waals surface area contributed by atoms with Crippen LogP contribution in [0, 0.1) is 0 Å². The molecule has 1 atom stereocenters. The van der Waals surface area contributed by atoms with E-state index in [4.69, 9.17) is 15.0 Å². The molecule has 0 N–H and O–H groups in total. The zero-order chi connectivity index (χ0) is 35.6. The summed E-state index contributed by atoms with van der Waals surface area (Å²) in [5, 5.41) is 3.46. The Balaban J connectivity index is 1.21. The topological polar surface area (TPSA) is 43.6 Å². The Hall–Kier alpha value is -7.17. The minimum atomic E-state index is -0.599. The minimum Gasteiger partial charge on any atom is -0.309 e. The molecular weight excluding hydrogens is 657 g/mol. The largest absolute Gasteiger partial charge is 0.309 e. The van der Waals surface area contributed by atoms with E-state index in [1.807, 2.05) is 24.4 Å². The lowest BCUT2D eigenvalue weighted by Crippen LogP contribution is -2.29. The van der Waals surface area contributed by atoms with Gasteiger partial charge in [0.15, 0.2) is 5.82 Å². The second-order valence-corrected chi connectivity index (χ2v) is 13.9. The van der Waals surface area contributed by atoms with Crippen molar-refractivity contribution in [2.24, 2.45) is 0 Å². The van der Waals surface area contributed by atoms with Gasteiger partial charge in [0, 0.05) is 44.7 Å². The Kier molecular flexibility index (Phi) is 6.73. The van der Waals surface area contributed by atoms with E-state index >= 15 is 0 Å². The van der Waals surface area contributed by atoms with Crippen molar-refractivity contribution < 1.29 is 0 Å². The van der Waals surface area contributed by atoms with Crippen molar-refractivity contribution in [3.63, 3.8) is 0 Å². The van der Waals surface area contributed by atoms with Gasteiger partial charge in [-0.05, 0) is 58.7 Å². The SMILES string of the molecule is c1ccc(-c2nc(-c3cccc(-n4c5ccccc5c5ccc6c(c54)-c4ccccc4C6(c4ccccc4)c4ccccn4)c3)nc3ccccc23)cc1. The molecule has 0 bridgehead atoms. The van der Waals surface area contributed by atoms with Gasteiger partial charge in [0.1, 0.15) is 0 Å². The van der Waals surface area contributed by atoms with Crippen molar-refractivity contribution in [3.8, 4) is 39.5 Å². The normalized spacial score (nSPS) is 14.7. The van der Waals surface area contributed by atoms with Crippen LogP contribution in [-0.4, -0.2) is 19.5 Å². The van der Waals surface area contributed by atoms with Crippen LogP contribution in [0.1, 0.15) is 22.4 Å². The van der Waals surface area contributed by atoms with Gasteiger partial charge in [0.05, 0.1) is 33.4 Å². The minimum absolute atomic E-state index is 0.599. The first-order valence-electron chi connectivity index (χ1n) is 18.4. The molecule has 0 radical (unpaired) electrons. The number of hydrogen-bond donors (Lipinski definition) is 0. The van der Waals surface area contributed by atoms with Crippen molar-refractivity contribution in [2.75, 3.05) is 0 Å². The lowest BCUT2D eigenvalue weighted by molar-refractivity contribution is 0.735. The molecule has 11 rings (SSSR count). The van der Waals surface area contributed by atoms with Crippen LogP contribution in [0.3, 0.4) is 0 Å². The van der Waals surface area contributed by atoms with Crippen LogP contribution in [0.5, 0.6) is 0 Å². The van der Waals surface area contributed by atoms with Gasteiger partial charge in [-0.3, -0.25) is 4.98 Å². The van der Waals surface area contributed by atoms with Crippen LogP contribution in [0.2, 0.25) is 0 Å². The molecule has 252 valence electrons. The highest BCUT2D eigenvalue weighted by molar-refractivity contribution is 6.16. The van der Waals surface area contributed by atoms with Gasteiger partial charge >= 0.3 is 0 Å². The molecule has 7 aromatic carbocycles. The van der Waals surface area contributed by atoms with E-state index in [1.54, 1.807) is 0 Å². The van der Waals surface area contributed by atoms with Gasteiger partial charge in [-0.2, -0.15) is 0 Å². The first-order valence-corrected chi connectivity index (χ1v) is 18.4. The van der Waals surface area contributed by atoms with Crippen molar-refractivity contribution in [1.82, 2.24) is 19.5 Å². The first-order chi connectivity index (χ1) is 26.8. The van der Waals surface area contributed by atoms with Crippen LogP contribution in [0.25, 0.3) is 72.2 Å². The summed E-state index contributed by atoms with van der Waals surface area (Å²) in [5.41, 5.74) is 13.8. The van der Waals surface area contributed by atoms with Crippen molar-refractivity contribution >= 4 is 32.7 Å². The fraction of sp³-hybridized carbons (Fsp3) is 0.0200. The summed E-state index contributed by atoms with van der Waals surface area (Å²) in [6.45, 7) is 0. The molecule has 0 saturated heterocycles. The molecule has 3 heterocycles. The molecule has 1 aliphatic carbocycles. The highest BCUT2D eigenvalue weighted by atomic mass is 15.0. The third-order valence-electron chi connectivity index (χ3n) is 11.1. The van der Waals surface area contributed by atoms with E-state index in [0.717, 1.165) is 44.6 Å². The number of pyridine rings is 1. The van der Waals surface area contributed by atoms with Gasteiger partial charge in [0.2, 0.25) is 0 Å². The average molecular weight is 689 g/mol. The second-order valence-electron chi connectivity index (χ2n) is 13.9. The van der Waals surface area contributed by atoms with Gasteiger partial charge in [-0.1, -0.05) is 152 Å². The van der Waals surface area contributed by atoms with Crippen molar-refractivity contribution in [1.29, 1.82) is 0 Å². The molecule has 10 aromatic rings. The zero-order valence-corrected chi connectivity index (χ0v) is 29.3. The maximum atomic E-state index is 5.23. The number of fused-ring (bicyclic) bond motifs is 8. The summed E-state index contributed by atoms with van der Waals surface area (Å²) in [5.74, 6) is 0.698. The molecule has 1 aliphatic rings. The van der Waals surface area contributed by atoms with E-state index in [1.165, 1.54) is 44.1 Å². The lowest BCUT2D eigenvalue weighted by Gasteiger charge is -2.32. The number of rotatable bonds is 5. The smallest absolute Gasteiger partial charge is 0.160 e. The highest BCUT2D eigenvalue weighted by Gasteiger charge is 2.48. The molecule has 0 spiro atoms. The van der Waals surface area contributed by atoms with Crippen LogP contribution >= 0.6 is 0 Å². The first kappa shape index (κ1) is 30.5. The fourth-order valence-corrected chi connectivity index (χ4v) is 8.90. The summed E-state index contributed by atoms with van der Waals surface area (Å²) in [6, 6.07) is 66.8. The predicted molar refractivity (Wildman–Crippen MR) is 220 cm³/mol. The van der Waals surface area contributed by atoms with Crippen LogP contribution in [0.15, 0.2) is 194 Å². The Bertz CT molecular complexity index is 3000. The molecule has 3 aromatic heterocycles. The number of hydrogen-bond acceptors (Lipinski definition) is 3. The molecule has 0 aliphatic heterocycles. The molecule has 54 heavy (non-hydrogen) atoms. The Morgan fingerprint density at radius 2 is 1.20 bits per heavy atom. The van der Waals surface area contributed by atoms with E-state index in [2.05, 4.69) is 174 Å². The maximum absolute atomic E-state index is 5.23. The van der Waals surface area contributed by atoms with Crippen molar-refractivity contribution in [2.45, 2.75) is 5.41 Å². The standard InChI is InChI=1S/C50H32N4/c1-3-16-33(17-4-1)47-40-24-8-11-26-43(40)52-49(53-47)34-18-15-21-36(32-34)54-44-27-12-9-22-37(44)38-29-30-42-46(48(38)54)39-23-7-10-25-41(39)50(42,35-19-5-2-6-20-35)45-28-13-14-31-51-45/h1-32H. The van der Waals surface area contributed by atoms with E-state index in [0.29, 0.717) is 5.82 Å². The van der Waals surface area contributed by atoms with Crippen LogP contribution < -0.4 is 0 Å². The average Bonchev–Trinajstić information content (AvgIpc) is 3.75. The fourth-order valence-electron chi connectivity index (χ4n) is 8.90. The zero-order valence-electron chi connectivity index (χ0n) is 29.3. The summed E-state index contributed by atoms with van der Waals surface area (Å²) in [4.78, 5) is 15.4. The third-order valence-corrected chi connectivity index (χ3v) is 11.1. The van der Waals surface area contributed by atoms with Crippen LogP contribution in [-0.2, 0) is 5.41 Å². The van der Waals surface area contributed by atoms with E-state index in [-0.39, 0.29) is 0 Å². The molecule has 1 unspecified atom stereocenters. The highest BCUT2D eigenvalue weighted by Crippen LogP contribution is 2.58. The predicted octanol–water partition coefficient (Wildman–Crippen LogP) is 11.8. The van der Waals surface area contributed by atoms with Crippen molar-refractivity contribution in [3.05, 3.63) is 217 Å². The Morgan fingerprint density at radius 3 is 2.06 bits per heavy atom. The van der Waals surface area contributed by atoms with E-state index < -0.39 is 5.41 Å². The lowest BCUT2D eigenvalue weighted by atomic mass is 9.70. The molecule has 4 heteroatoms. The summed E-state index contributed by atoms with van der Waals surface area (Å²) >= 11 is 0. The van der Waals surface area contributed by atoms with Gasteiger partial charge in [-0.25, -0.2) is 9.97 Å². The number of aromatic nitrogens is 4. The molecule has 0 saturated carbocycles. The third kappa shape index (κ3) is 4.34. The van der Waals surface area contributed by atoms with E-state index in [9.17, 15) is 0 Å². The summed E-state index contributed by atoms with van der Waals surface area (Å²) in [7, 11) is 0. The van der Waals surface area contributed by atoms with Gasteiger partial charge in [-0.15, -0.1) is 0 Å². The summed E-state index contributed by atoms with van der Waals surface area (Å²) in [6.07, 6.45) is 1.92. The monoisotopic (exact) mass is 688 g/mol. The second kappa shape index (κ2) is 11.9.